The van der Waals surface area contributed by atoms with Gasteiger partial charge in [-0.05, 0) is 12.8 Å². The minimum Gasteiger partial charge on any atom is -0.481 e. The van der Waals surface area contributed by atoms with E-state index in [1.165, 1.54) is 7.05 Å². The average molecular weight is 251 g/mol. The van der Waals surface area contributed by atoms with Gasteiger partial charge in [-0.15, -0.1) is 0 Å². The quantitative estimate of drug-likeness (QED) is 0.686. The number of nitrogens with zero attached hydrogens (tertiary/aromatic N) is 1. The zero-order valence-electron chi connectivity index (χ0n) is 9.16. The molecule has 0 aliphatic heterocycles. The molecule has 1 saturated carbocycles. The topological polar surface area (TPSA) is 94.9 Å². The molecule has 0 aromatic heterocycles. The number of aliphatic hydroxyl groups excluding tert-OH is 1. The highest BCUT2D eigenvalue weighted by molar-refractivity contribution is 7.89. The van der Waals surface area contributed by atoms with Crippen LogP contribution in [0.4, 0.5) is 0 Å². The molecule has 2 N–H and O–H groups in total. The molecule has 0 radical (unpaired) electrons. The van der Waals surface area contributed by atoms with Crippen LogP contribution in [-0.4, -0.2) is 54.4 Å². The number of hydrogen-bond acceptors (Lipinski definition) is 4. The lowest BCUT2D eigenvalue weighted by molar-refractivity contribution is -0.141. The third-order valence-electron chi connectivity index (χ3n) is 3.00. The summed E-state index contributed by atoms with van der Waals surface area (Å²) in [6.07, 6.45) is 1.41. The number of carbonyl (C=O) groups is 1. The molecule has 0 aromatic carbocycles. The molecule has 0 saturated heterocycles. The second kappa shape index (κ2) is 5.11. The van der Waals surface area contributed by atoms with Crippen molar-refractivity contribution >= 4 is 16.0 Å². The Kier molecular flexibility index (Phi) is 4.28. The zero-order valence-corrected chi connectivity index (χ0v) is 9.98. The summed E-state index contributed by atoms with van der Waals surface area (Å²) in [5.41, 5.74) is 0. The van der Waals surface area contributed by atoms with Gasteiger partial charge in [-0.2, -0.15) is 0 Å². The lowest BCUT2D eigenvalue weighted by Gasteiger charge is -2.23. The highest BCUT2D eigenvalue weighted by Crippen LogP contribution is 2.32. The minimum atomic E-state index is -3.60. The number of carboxylic acids is 1. The van der Waals surface area contributed by atoms with Gasteiger partial charge in [0.25, 0.3) is 0 Å². The molecular formula is C9H17NO5S. The summed E-state index contributed by atoms with van der Waals surface area (Å²) >= 11 is 0. The first-order valence-corrected chi connectivity index (χ1v) is 6.70. The monoisotopic (exact) mass is 251 g/mol. The van der Waals surface area contributed by atoms with Crippen LogP contribution in [0, 0.1) is 5.92 Å². The van der Waals surface area contributed by atoms with E-state index in [1.807, 2.05) is 0 Å². The lowest BCUT2D eigenvalue weighted by atomic mass is 10.1. The molecule has 16 heavy (non-hydrogen) atoms. The van der Waals surface area contributed by atoms with Crippen molar-refractivity contribution in [2.24, 2.45) is 5.92 Å². The number of carboxylic acid groups (broad SMARTS) is 1. The van der Waals surface area contributed by atoms with E-state index in [0.29, 0.717) is 19.3 Å². The van der Waals surface area contributed by atoms with Crippen molar-refractivity contribution < 1.29 is 23.4 Å². The number of rotatable bonds is 5. The molecule has 0 spiro atoms. The largest absolute Gasteiger partial charge is 0.481 e. The highest BCUT2D eigenvalue weighted by atomic mass is 32.2. The first-order chi connectivity index (χ1) is 7.41. The Bertz CT molecular complexity index is 353. The smallest absolute Gasteiger partial charge is 0.307 e. The number of aliphatic hydroxyl groups is 1. The van der Waals surface area contributed by atoms with E-state index in [0.717, 1.165) is 4.31 Å². The first kappa shape index (κ1) is 13.4. The van der Waals surface area contributed by atoms with Gasteiger partial charge in [-0.1, -0.05) is 6.42 Å². The second-order valence-corrected chi connectivity index (χ2v) is 6.26. The molecule has 1 aliphatic carbocycles. The highest BCUT2D eigenvalue weighted by Gasteiger charge is 2.43. The van der Waals surface area contributed by atoms with Gasteiger partial charge in [0, 0.05) is 13.6 Å². The fraction of sp³-hybridized carbons (Fsp3) is 0.889. The number of hydrogen-bond donors (Lipinski definition) is 2. The lowest BCUT2D eigenvalue weighted by Crippen LogP contribution is -2.41. The minimum absolute atomic E-state index is 0.00513. The Hall–Kier alpha value is -0.660. The van der Waals surface area contributed by atoms with Gasteiger partial charge in [0.15, 0.2) is 0 Å². The van der Waals surface area contributed by atoms with Crippen LogP contribution in [0.5, 0.6) is 0 Å². The van der Waals surface area contributed by atoms with Crippen LogP contribution >= 0.6 is 0 Å². The summed E-state index contributed by atoms with van der Waals surface area (Å²) in [5.74, 6) is -1.87. The van der Waals surface area contributed by atoms with Crippen molar-refractivity contribution in [1.29, 1.82) is 0 Å². The summed E-state index contributed by atoms with van der Waals surface area (Å²) in [6.45, 7) is -0.259. The Morgan fingerprint density at radius 2 is 2.06 bits per heavy atom. The van der Waals surface area contributed by atoms with Crippen molar-refractivity contribution in [2.75, 3.05) is 20.2 Å². The predicted molar refractivity (Wildman–Crippen MR) is 57.4 cm³/mol. The van der Waals surface area contributed by atoms with E-state index in [2.05, 4.69) is 0 Å². The van der Waals surface area contributed by atoms with Gasteiger partial charge < -0.3 is 10.2 Å². The molecule has 2 unspecified atom stereocenters. The van der Waals surface area contributed by atoms with Crippen LogP contribution in [-0.2, 0) is 14.8 Å². The van der Waals surface area contributed by atoms with Crippen LogP contribution in [0.3, 0.4) is 0 Å². The third-order valence-corrected chi connectivity index (χ3v) is 5.38. The Morgan fingerprint density at radius 3 is 2.56 bits per heavy atom. The molecule has 0 heterocycles. The Balaban J connectivity index is 2.86. The molecule has 1 fully saturated rings. The van der Waals surface area contributed by atoms with Gasteiger partial charge in [0.05, 0.1) is 17.8 Å². The van der Waals surface area contributed by atoms with Crippen molar-refractivity contribution in [3.8, 4) is 0 Å². The Morgan fingerprint density at radius 1 is 1.44 bits per heavy atom. The molecule has 94 valence electrons. The van der Waals surface area contributed by atoms with Gasteiger partial charge in [0.1, 0.15) is 0 Å². The molecule has 2 atom stereocenters. The van der Waals surface area contributed by atoms with Gasteiger partial charge in [0.2, 0.25) is 10.0 Å². The predicted octanol–water partition coefficient (Wildman–Crippen LogP) is -0.506. The van der Waals surface area contributed by atoms with Crippen molar-refractivity contribution in [3.05, 3.63) is 0 Å². The van der Waals surface area contributed by atoms with Crippen molar-refractivity contribution in [1.82, 2.24) is 4.31 Å². The standard InChI is InChI=1S/C9H17NO5S/c1-10(5-6-11)16(14,15)8-4-2-3-7(8)9(12)13/h7-8,11H,2-6H2,1H3,(H,12,13). The second-order valence-electron chi connectivity index (χ2n) is 4.00. The van der Waals surface area contributed by atoms with Crippen molar-refractivity contribution in [3.63, 3.8) is 0 Å². The van der Waals surface area contributed by atoms with Crippen LogP contribution in [0.2, 0.25) is 0 Å². The number of sulfonamides is 1. The summed E-state index contributed by atoms with van der Waals surface area (Å²) in [5, 5.41) is 16.8. The number of likely N-dealkylation sites (N-methyl/N-ethyl adjacent to an activating group) is 1. The molecule has 0 aromatic rings. The molecule has 1 rings (SSSR count). The molecular weight excluding hydrogens is 234 g/mol. The van der Waals surface area contributed by atoms with Gasteiger partial charge >= 0.3 is 5.97 Å². The molecule has 1 aliphatic rings. The Labute approximate surface area is 94.9 Å². The summed E-state index contributed by atoms with van der Waals surface area (Å²) < 4.78 is 25.0. The molecule has 7 heteroatoms. The van der Waals surface area contributed by atoms with E-state index in [9.17, 15) is 13.2 Å². The fourth-order valence-electron chi connectivity index (χ4n) is 2.06. The van der Waals surface area contributed by atoms with E-state index < -0.39 is 27.2 Å². The van der Waals surface area contributed by atoms with E-state index in [1.54, 1.807) is 0 Å². The average Bonchev–Trinajstić information content (AvgIpc) is 2.66. The normalized spacial score (nSPS) is 26.2. The number of aliphatic carboxylic acids is 1. The maximum Gasteiger partial charge on any atom is 0.307 e. The maximum atomic E-state index is 12.0. The SMILES string of the molecule is CN(CCO)S(=O)(=O)C1CCCC1C(=O)O. The first-order valence-electron chi connectivity index (χ1n) is 5.20. The zero-order chi connectivity index (χ0) is 12.3. The summed E-state index contributed by atoms with van der Waals surface area (Å²) in [6, 6.07) is 0. The summed E-state index contributed by atoms with van der Waals surface area (Å²) in [7, 11) is -2.24. The van der Waals surface area contributed by atoms with Gasteiger partial charge in [-0.25, -0.2) is 12.7 Å². The fourth-order valence-corrected chi connectivity index (χ4v) is 3.99. The molecule has 6 nitrogen and oxygen atoms in total. The van der Waals surface area contributed by atoms with Crippen molar-refractivity contribution in [2.45, 2.75) is 24.5 Å². The van der Waals surface area contributed by atoms with Crippen LogP contribution in [0.15, 0.2) is 0 Å². The van der Waals surface area contributed by atoms with Gasteiger partial charge in [-0.3, -0.25) is 4.79 Å². The van der Waals surface area contributed by atoms with E-state index in [-0.39, 0.29) is 13.2 Å². The maximum absolute atomic E-state index is 12.0. The van der Waals surface area contributed by atoms with Crippen LogP contribution in [0.25, 0.3) is 0 Å². The molecule has 0 bridgehead atoms. The molecule has 0 amide bonds. The van der Waals surface area contributed by atoms with E-state index >= 15 is 0 Å². The van der Waals surface area contributed by atoms with Crippen LogP contribution < -0.4 is 0 Å². The summed E-state index contributed by atoms with van der Waals surface area (Å²) in [4.78, 5) is 10.9. The third kappa shape index (κ3) is 2.53. The van der Waals surface area contributed by atoms with Crippen LogP contribution in [0.1, 0.15) is 19.3 Å². The van der Waals surface area contributed by atoms with E-state index in [4.69, 9.17) is 10.2 Å².